The molecule has 0 aromatic carbocycles. The summed E-state index contributed by atoms with van der Waals surface area (Å²) in [6, 6.07) is 3.17. The highest BCUT2D eigenvalue weighted by atomic mass is 32.2. The minimum Gasteiger partial charge on any atom is -0.261 e. The summed E-state index contributed by atoms with van der Waals surface area (Å²) in [6.07, 6.45) is 2.60. The Bertz CT molecular complexity index is 677. The molecular formula is C8H8N6O2S. The van der Waals surface area contributed by atoms with Crippen LogP contribution in [0.15, 0.2) is 23.5 Å². The fraction of sp³-hybridized carbons (Fsp3) is 0.125. The van der Waals surface area contributed by atoms with E-state index < -0.39 is 10.0 Å². The SMILES string of the molecule is Cn1nccc1S(=O)(=O)Nc1[nH]ncc1C#N. The molecule has 0 saturated heterocycles. The summed E-state index contributed by atoms with van der Waals surface area (Å²) in [6.45, 7) is 0. The normalized spacial score (nSPS) is 11.1. The molecule has 0 spiro atoms. The third-order valence-corrected chi connectivity index (χ3v) is 3.47. The van der Waals surface area contributed by atoms with Crippen LogP contribution < -0.4 is 4.72 Å². The van der Waals surface area contributed by atoms with Crippen molar-refractivity contribution in [3.63, 3.8) is 0 Å². The van der Waals surface area contributed by atoms with E-state index in [0.717, 1.165) is 0 Å². The van der Waals surface area contributed by atoms with E-state index in [1.165, 1.54) is 30.2 Å². The summed E-state index contributed by atoms with van der Waals surface area (Å²) in [4.78, 5) is 0. The first-order valence-electron chi connectivity index (χ1n) is 4.49. The average molecular weight is 252 g/mol. The molecule has 9 heteroatoms. The van der Waals surface area contributed by atoms with Gasteiger partial charge in [-0.25, -0.2) is 0 Å². The number of anilines is 1. The molecule has 0 unspecified atom stereocenters. The van der Waals surface area contributed by atoms with Gasteiger partial charge in [-0.15, -0.1) is 0 Å². The van der Waals surface area contributed by atoms with Gasteiger partial charge < -0.3 is 0 Å². The Morgan fingerprint density at radius 1 is 1.59 bits per heavy atom. The molecule has 0 fully saturated rings. The maximum absolute atomic E-state index is 11.9. The van der Waals surface area contributed by atoms with Gasteiger partial charge in [0.1, 0.15) is 11.6 Å². The van der Waals surface area contributed by atoms with E-state index in [-0.39, 0.29) is 16.4 Å². The smallest absolute Gasteiger partial charge is 0.261 e. The van der Waals surface area contributed by atoms with Gasteiger partial charge in [0, 0.05) is 7.05 Å². The number of nitrogens with one attached hydrogen (secondary N) is 2. The first kappa shape index (κ1) is 11.2. The van der Waals surface area contributed by atoms with E-state index in [9.17, 15) is 8.42 Å². The minimum atomic E-state index is -3.78. The summed E-state index contributed by atoms with van der Waals surface area (Å²) in [5, 5.41) is 18.5. The van der Waals surface area contributed by atoms with Crippen molar-refractivity contribution < 1.29 is 8.42 Å². The molecule has 0 saturated carbocycles. The summed E-state index contributed by atoms with van der Waals surface area (Å²) in [7, 11) is -2.27. The predicted octanol–water partition coefficient (Wildman–Crippen LogP) is -0.184. The Hall–Kier alpha value is -2.34. The van der Waals surface area contributed by atoms with E-state index in [4.69, 9.17) is 5.26 Å². The number of aromatic amines is 1. The van der Waals surface area contributed by atoms with Crippen LogP contribution in [0.2, 0.25) is 0 Å². The van der Waals surface area contributed by atoms with Crippen LogP contribution in [0.1, 0.15) is 5.56 Å². The van der Waals surface area contributed by atoms with Gasteiger partial charge in [0.15, 0.2) is 10.8 Å². The van der Waals surface area contributed by atoms with E-state index >= 15 is 0 Å². The Morgan fingerprint density at radius 2 is 2.35 bits per heavy atom. The predicted molar refractivity (Wildman–Crippen MR) is 57.3 cm³/mol. The van der Waals surface area contributed by atoms with Crippen molar-refractivity contribution >= 4 is 15.8 Å². The van der Waals surface area contributed by atoms with Crippen molar-refractivity contribution in [2.24, 2.45) is 7.05 Å². The van der Waals surface area contributed by atoms with E-state index in [2.05, 4.69) is 20.0 Å². The van der Waals surface area contributed by atoms with Crippen LogP contribution in [0.25, 0.3) is 0 Å². The molecule has 0 atom stereocenters. The van der Waals surface area contributed by atoms with Gasteiger partial charge in [0.05, 0.1) is 12.4 Å². The maximum Gasteiger partial charge on any atom is 0.280 e. The lowest BCUT2D eigenvalue weighted by molar-refractivity contribution is 0.582. The molecule has 8 nitrogen and oxygen atoms in total. The molecule has 2 aromatic rings. The zero-order chi connectivity index (χ0) is 12.5. The number of rotatable bonds is 3. The summed E-state index contributed by atoms with van der Waals surface area (Å²) in [5.74, 6) is 0.0358. The van der Waals surface area contributed by atoms with E-state index in [1.807, 2.05) is 6.07 Å². The van der Waals surface area contributed by atoms with Crippen LogP contribution in [0, 0.1) is 11.3 Å². The third kappa shape index (κ3) is 1.98. The minimum absolute atomic E-state index is 0.00371. The van der Waals surface area contributed by atoms with Crippen molar-refractivity contribution in [2.75, 3.05) is 4.72 Å². The second kappa shape index (κ2) is 3.91. The third-order valence-electron chi connectivity index (χ3n) is 2.05. The number of aryl methyl sites for hydroxylation is 1. The van der Waals surface area contributed by atoms with Crippen molar-refractivity contribution in [1.82, 2.24) is 20.0 Å². The Labute approximate surface area is 96.9 Å². The van der Waals surface area contributed by atoms with Gasteiger partial charge in [-0.05, 0) is 6.07 Å². The van der Waals surface area contributed by atoms with E-state index in [1.54, 1.807) is 0 Å². The standard InChI is InChI=1S/C8H8N6O2S/c1-14-7(2-3-11-14)17(15,16)13-8-6(4-9)5-10-12-8/h2-3,5H,1H3,(H2,10,12,13). The fourth-order valence-electron chi connectivity index (χ4n) is 1.26. The molecule has 2 aromatic heterocycles. The monoisotopic (exact) mass is 252 g/mol. The van der Waals surface area contributed by atoms with Crippen molar-refractivity contribution in [2.45, 2.75) is 5.03 Å². The molecule has 0 aliphatic rings. The Kier molecular flexibility index (Phi) is 2.57. The van der Waals surface area contributed by atoms with Gasteiger partial charge in [-0.2, -0.15) is 23.9 Å². The number of aromatic nitrogens is 4. The molecule has 88 valence electrons. The molecule has 0 bridgehead atoms. The van der Waals surface area contributed by atoms with Crippen LogP contribution in [-0.4, -0.2) is 28.4 Å². The lowest BCUT2D eigenvalue weighted by Gasteiger charge is -2.05. The number of hydrogen-bond donors (Lipinski definition) is 2. The molecule has 2 rings (SSSR count). The van der Waals surface area contributed by atoms with Gasteiger partial charge in [-0.1, -0.05) is 0 Å². The number of sulfonamides is 1. The molecule has 0 amide bonds. The maximum atomic E-state index is 11.9. The van der Waals surface area contributed by atoms with Crippen molar-refractivity contribution in [3.05, 3.63) is 24.0 Å². The topological polar surface area (TPSA) is 116 Å². The number of nitrogens with zero attached hydrogens (tertiary/aromatic N) is 4. The van der Waals surface area contributed by atoms with Crippen molar-refractivity contribution in [1.29, 1.82) is 5.26 Å². The summed E-state index contributed by atoms with van der Waals surface area (Å²) < 4.78 is 27.3. The quantitative estimate of drug-likeness (QED) is 0.785. The van der Waals surface area contributed by atoms with Crippen LogP contribution in [0.3, 0.4) is 0 Å². The molecule has 17 heavy (non-hydrogen) atoms. The van der Waals surface area contributed by atoms with Crippen LogP contribution in [0.4, 0.5) is 5.82 Å². The second-order valence-electron chi connectivity index (χ2n) is 3.17. The largest absolute Gasteiger partial charge is 0.280 e. The van der Waals surface area contributed by atoms with Gasteiger partial charge in [0.25, 0.3) is 10.0 Å². The summed E-state index contributed by atoms with van der Waals surface area (Å²) >= 11 is 0. The highest BCUT2D eigenvalue weighted by Gasteiger charge is 2.20. The lowest BCUT2D eigenvalue weighted by atomic mass is 10.4. The van der Waals surface area contributed by atoms with Gasteiger partial charge in [-0.3, -0.25) is 14.5 Å². The second-order valence-corrected chi connectivity index (χ2v) is 4.80. The number of nitriles is 1. The fourth-order valence-corrected chi connectivity index (χ4v) is 2.42. The van der Waals surface area contributed by atoms with E-state index in [0.29, 0.717) is 0 Å². The first-order chi connectivity index (χ1) is 8.04. The molecule has 2 N–H and O–H groups in total. The average Bonchev–Trinajstić information content (AvgIpc) is 2.86. The highest BCUT2D eigenvalue weighted by Crippen LogP contribution is 2.15. The van der Waals surface area contributed by atoms with Crippen LogP contribution >= 0.6 is 0 Å². The van der Waals surface area contributed by atoms with Gasteiger partial charge >= 0.3 is 0 Å². The summed E-state index contributed by atoms with van der Waals surface area (Å²) in [5.41, 5.74) is 0.121. The van der Waals surface area contributed by atoms with Crippen LogP contribution in [0.5, 0.6) is 0 Å². The highest BCUT2D eigenvalue weighted by molar-refractivity contribution is 7.92. The zero-order valence-corrected chi connectivity index (χ0v) is 9.56. The lowest BCUT2D eigenvalue weighted by Crippen LogP contribution is -2.17. The molecule has 2 heterocycles. The molecule has 0 aliphatic carbocycles. The Balaban J connectivity index is 2.38. The number of H-pyrrole nitrogens is 1. The van der Waals surface area contributed by atoms with Crippen molar-refractivity contribution in [3.8, 4) is 6.07 Å². The van der Waals surface area contributed by atoms with Gasteiger partial charge in [0.2, 0.25) is 0 Å². The van der Waals surface area contributed by atoms with Crippen LogP contribution in [-0.2, 0) is 17.1 Å². The zero-order valence-electron chi connectivity index (χ0n) is 8.75. The molecular weight excluding hydrogens is 244 g/mol. The first-order valence-corrected chi connectivity index (χ1v) is 5.97. The molecule has 0 radical (unpaired) electrons. The number of hydrogen-bond acceptors (Lipinski definition) is 5. The Morgan fingerprint density at radius 3 is 2.94 bits per heavy atom. The molecule has 0 aliphatic heterocycles.